The Labute approximate surface area is 158 Å². The number of hydrogen-bond acceptors (Lipinski definition) is 4. The Balaban J connectivity index is 1.72. The first-order chi connectivity index (χ1) is 13.1. The highest BCUT2D eigenvalue weighted by Gasteiger charge is 2.51. The van der Waals surface area contributed by atoms with E-state index in [1.54, 1.807) is 14.2 Å². The molecule has 1 aliphatic carbocycles. The molecule has 1 amide bonds. The molecular formula is C22H23NO4. The molecule has 4 rings (SSSR count). The maximum atomic E-state index is 13.5. The number of para-hydroxylation sites is 1. The van der Waals surface area contributed by atoms with Crippen LogP contribution in [0.2, 0.25) is 0 Å². The summed E-state index contributed by atoms with van der Waals surface area (Å²) in [7, 11) is 3.23. The molecule has 1 heterocycles. The summed E-state index contributed by atoms with van der Waals surface area (Å²) >= 11 is 0. The Hall–Kier alpha value is -2.82. The van der Waals surface area contributed by atoms with Gasteiger partial charge in [-0.05, 0) is 42.2 Å². The standard InChI is InChI=1S/C22H23NO4/c1-26-17-11-15(12-18(13-17)27-2)14-23-20-6-4-3-5-19(20)22(21(23)25)9-7-16(24)8-10-22/h3-6,11-13H,7-10,14H2,1-2H3. The monoisotopic (exact) mass is 365 g/mol. The van der Waals surface area contributed by atoms with E-state index in [2.05, 4.69) is 0 Å². The third-order valence-electron chi connectivity index (χ3n) is 5.78. The van der Waals surface area contributed by atoms with Gasteiger partial charge in [-0.3, -0.25) is 9.59 Å². The lowest BCUT2D eigenvalue weighted by Crippen LogP contribution is -2.42. The van der Waals surface area contributed by atoms with Gasteiger partial charge in [0.2, 0.25) is 5.91 Å². The van der Waals surface area contributed by atoms with Crippen molar-refractivity contribution in [2.24, 2.45) is 0 Å². The maximum Gasteiger partial charge on any atom is 0.238 e. The molecule has 1 fully saturated rings. The summed E-state index contributed by atoms with van der Waals surface area (Å²) in [5.74, 6) is 1.74. The number of nitrogens with zero attached hydrogens (tertiary/aromatic N) is 1. The first-order valence-corrected chi connectivity index (χ1v) is 9.22. The van der Waals surface area contributed by atoms with Gasteiger partial charge in [0.05, 0.1) is 26.2 Å². The van der Waals surface area contributed by atoms with Gasteiger partial charge < -0.3 is 14.4 Å². The topological polar surface area (TPSA) is 55.8 Å². The number of rotatable bonds is 4. The quantitative estimate of drug-likeness (QED) is 0.830. The van der Waals surface area contributed by atoms with Crippen molar-refractivity contribution in [3.8, 4) is 11.5 Å². The molecule has 0 atom stereocenters. The van der Waals surface area contributed by atoms with E-state index in [-0.39, 0.29) is 11.7 Å². The second-order valence-electron chi connectivity index (χ2n) is 7.25. The van der Waals surface area contributed by atoms with Crippen LogP contribution >= 0.6 is 0 Å². The van der Waals surface area contributed by atoms with Gasteiger partial charge in [0.1, 0.15) is 17.3 Å². The zero-order chi connectivity index (χ0) is 19.0. The maximum absolute atomic E-state index is 13.5. The van der Waals surface area contributed by atoms with E-state index in [0.29, 0.717) is 43.7 Å². The molecule has 1 spiro atoms. The summed E-state index contributed by atoms with van der Waals surface area (Å²) in [6, 6.07) is 13.6. The van der Waals surface area contributed by atoms with Gasteiger partial charge >= 0.3 is 0 Å². The van der Waals surface area contributed by atoms with Gasteiger partial charge in [-0.25, -0.2) is 0 Å². The summed E-state index contributed by atoms with van der Waals surface area (Å²) in [5, 5.41) is 0. The fourth-order valence-corrected chi connectivity index (χ4v) is 4.33. The van der Waals surface area contributed by atoms with Crippen LogP contribution in [0.1, 0.15) is 36.8 Å². The molecule has 5 nitrogen and oxygen atoms in total. The van der Waals surface area contributed by atoms with Crippen LogP contribution in [0.25, 0.3) is 0 Å². The van der Waals surface area contributed by atoms with Crippen LogP contribution in [-0.4, -0.2) is 25.9 Å². The van der Waals surface area contributed by atoms with Gasteiger partial charge in [0, 0.05) is 24.6 Å². The number of amides is 1. The fourth-order valence-electron chi connectivity index (χ4n) is 4.33. The largest absolute Gasteiger partial charge is 0.497 e. The van der Waals surface area contributed by atoms with Crippen LogP contribution in [0.15, 0.2) is 42.5 Å². The predicted molar refractivity (Wildman–Crippen MR) is 102 cm³/mol. The van der Waals surface area contributed by atoms with E-state index in [0.717, 1.165) is 16.8 Å². The number of methoxy groups -OCH3 is 2. The number of benzene rings is 2. The number of carbonyl (C=O) groups excluding carboxylic acids is 2. The van der Waals surface area contributed by atoms with E-state index >= 15 is 0 Å². The molecule has 2 aliphatic rings. The first kappa shape index (κ1) is 17.6. The minimum atomic E-state index is -0.562. The molecule has 0 saturated heterocycles. The third-order valence-corrected chi connectivity index (χ3v) is 5.78. The molecule has 0 aromatic heterocycles. The number of anilines is 1. The van der Waals surface area contributed by atoms with Crippen LogP contribution < -0.4 is 14.4 Å². The van der Waals surface area contributed by atoms with Crippen molar-refractivity contribution in [2.75, 3.05) is 19.1 Å². The van der Waals surface area contributed by atoms with Gasteiger partial charge in [0.25, 0.3) is 0 Å². The van der Waals surface area contributed by atoms with E-state index in [9.17, 15) is 9.59 Å². The summed E-state index contributed by atoms with van der Waals surface area (Å²) in [6.07, 6.45) is 2.14. The zero-order valence-electron chi connectivity index (χ0n) is 15.7. The predicted octanol–water partition coefficient (Wildman–Crippen LogP) is 3.63. The summed E-state index contributed by atoms with van der Waals surface area (Å²) < 4.78 is 10.7. The molecule has 0 radical (unpaired) electrons. The average Bonchev–Trinajstić information content (AvgIpc) is 2.93. The highest BCUT2D eigenvalue weighted by molar-refractivity contribution is 6.09. The summed E-state index contributed by atoms with van der Waals surface area (Å²) in [4.78, 5) is 27.1. The highest BCUT2D eigenvalue weighted by atomic mass is 16.5. The summed E-state index contributed by atoms with van der Waals surface area (Å²) in [6.45, 7) is 0.444. The molecule has 0 N–H and O–H groups in total. The van der Waals surface area contributed by atoms with Crippen molar-refractivity contribution in [1.29, 1.82) is 0 Å². The van der Waals surface area contributed by atoms with Gasteiger partial charge in [0.15, 0.2) is 0 Å². The normalized spacial score (nSPS) is 17.9. The van der Waals surface area contributed by atoms with Crippen molar-refractivity contribution >= 4 is 17.4 Å². The Bertz CT molecular complexity index is 873. The smallest absolute Gasteiger partial charge is 0.238 e. The summed E-state index contributed by atoms with van der Waals surface area (Å²) in [5.41, 5.74) is 2.38. The molecule has 2 aromatic rings. The second-order valence-corrected chi connectivity index (χ2v) is 7.25. The molecule has 2 aromatic carbocycles. The van der Waals surface area contributed by atoms with E-state index < -0.39 is 5.41 Å². The van der Waals surface area contributed by atoms with Crippen LogP contribution in [0.3, 0.4) is 0 Å². The molecule has 0 bridgehead atoms. The van der Waals surface area contributed by atoms with Crippen molar-refractivity contribution < 1.29 is 19.1 Å². The van der Waals surface area contributed by atoms with Gasteiger partial charge in [-0.1, -0.05) is 18.2 Å². The van der Waals surface area contributed by atoms with Gasteiger partial charge in [-0.15, -0.1) is 0 Å². The van der Waals surface area contributed by atoms with E-state index in [1.165, 1.54) is 0 Å². The lowest BCUT2D eigenvalue weighted by atomic mass is 9.70. The minimum absolute atomic E-state index is 0.0954. The number of ether oxygens (including phenoxy) is 2. The Kier molecular flexibility index (Phi) is 4.38. The highest BCUT2D eigenvalue weighted by Crippen LogP contribution is 2.49. The number of carbonyl (C=O) groups is 2. The number of Topliss-reactive ketones (excluding diaryl/α,β-unsaturated/α-hetero) is 1. The molecular weight excluding hydrogens is 342 g/mol. The van der Waals surface area contributed by atoms with E-state index in [4.69, 9.17) is 9.47 Å². The number of fused-ring (bicyclic) bond motifs is 2. The molecule has 0 unspecified atom stereocenters. The SMILES string of the molecule is COc1cc(CN2C(=O)C3(CCC(=O)CC3)c3ccccc32)cc(OC)c1. The lowest BCUT2D eigenvalue weighted by molar-refractivity contribution is -0.127. The second kappa shape index (κ2) is 6.72. The van der Waals surface area contributed by atoms with Crippen molar-refractivity contribution in [2.45, 2.75) is 37.6 Å². The molecule has 140 valence electrons. The fraction of sp³-hybridized carbons (Fsp3) is 0.364. The molecule has 1 saturated carbocycles. The van der Waals surface area contributed by atoms with Crippen LogP contribution in [0.4, 0.5) is 5.69 Å². The Morgan fingerprint density at radius 1 is 0.963 bits per heavy atom. The Morgan fingerprint density at radius 3 is 2.22 bits per heavy atom. The first-order valence-electron chi connectivity index (χ1n) is 9.22. The molecule has 27 heavy (non-hydrogen) atoms. The van der Waals surface area contributed by atoms with Crippen molar-refractivity contribution in [3.63, 3.8) is 0 Å². The van der Waals surface area contributed by atoms with Gasteiger partial charge in [-0.2, -0.15) is 0 Å². The molecule has 1 aliphatic heterocycles. The zero-order valence-corrected chi connectivity index (χ0v) is 15.7. The van der Waals surface area contributed by atoms with E-state index in [1.807, 2.05) is 47.4 Å². The number of ketones is 1. The van der Waals surface area contributed by atoms with Crippen LogP contribution in [-0.2, 0) is 21.5 Å². The molecule has 5 heteroatoms. The van der Waals surface area contributed by atoms with Crippen molar-refractivity contribution in [1.82, 2.24) is 0 Å². The lowest BCUT2D eigenvalue weighted by Gasteiger charge is -2.32. The Morgan fingerprint density at radius 2 is 1.59 bits per heavy atom. The minimum Gasteiger partial charge on any atom is -0.497 e. The third kappa shape index (κ3) is 2.87. The number of hydrogen-bond donors (Lipinski definition) is 0. The average molecular weight is 365 g/mol. The van der Waals surface area contributed by atoms with Crippen molar-refractivity contribution in [3.05, 3.63) is 53.6 Å². The van der Waals surface area contributed by atoms with Crippen LogP contribution in [0, 0.1) is 0 Å². The van der Waals surface area contributed by atoms with Crippen LogP contribution in [0.5, 0.6) is 11.5 Å².